The molecule has 2 aromatic rings. The Labute approximate surface area is 110 Å². The molecule has 0 atom stereocenters. The third-order valence-corrected chi connectivity index (χ3v) is 3.82. The maximum Gasteiger partial charge on any atom is 0.257 e. The lowest BCUT2D eigenvalue weighted by molar-refractivity contribution is 0.102. The van der Waals surface area contributed by atoms with E-state index in [1.807, 2.05) is 39.0 Å². The first-order valence-electron chi connectivity index (χ1n) is 5.81. The van der Waals surface area contributed by atoms with Gasteiger partial charge in [0.1, 0.15) is 5.01 Å². The summed E-state index contributed by atoms with van der Waals surface area (Å²) in [6.07, 6.45) is 0.830. The highest BCUT2D eigenvalue weighted by Crippen LogP contribution is 2.18. The van der Waals surface area contributed by atoms with E-state index in [1.54, 1.807) is 0 Å². The molecule has 0 saturated heterocycles. The molecule has 0 spiro atoms. The molecule has 1 heterocycles. The summed E-state index contributed by atoms with van der Waals surface area (Å²) in [4.78, 5) is 12.1. The van der Waals surface area contributed by atoms with Gasteiger partial charge in [0.25, 0.3) is 5.91 Å². The van der Waals surface area contributed by atoms with Gasteiger partial charge in [-0.2, -0.15) is 0 Å². The fourth-order valence-corrected chi connectivity index (χ4v) is 2.28. The van der Waals surface area contributed by atoms with Gasteiger partial charge in [-0.05, 0) is 37.5 Å². The van der Waals surface area contributed by atoms with E-state index in [2.05, 4.69) is 15.5 Å². The Morgan fingerprint density at radius 2 is 2.11 bits per heavy atom. The zero-order valence-electron chi connectivity index (χ0n) is 10.7. The van der Waals surface area contributed by atoms with Crippen LogP contribution in [0.2, 0.25) is 0 Å². The third-order valence-electron chi connectivity index (χ3n) is 2.84. The number of nitrogens with zero attached hydrogens (tertiary/aromatic N) is 2. The Morgan fingerprint density at radius 1 is 1.33 bits per heavy atom. The molecule has 0 bridgehead atoms. The van der Waals surface area contributed by atoms with Crippen molar-refractivity contribution in [1.29, 1.82) is 0 Å². The minimum Gasteiger partial charge on any atom is -0.296 e. The third kappa shape index (κ3) is 2.56. The summed E-state index contributed by atoms with van der Waals surface area (Å²) in [6.45, 7) is 5.95. The van der Waals surface area contributed by atoms with Crippen LogP contribution in [0.15, 0.2) is 18.2 Å². The molecule has 18 heavy (non-hydrogen) atoms. The summed E-state index contributed by atoms with van der Waals surface area (Å²) in [5.74, 6) is -0.130. The van der Waals surface area contributed by atoms with E-state index < -0.39 is 0 Å². The number of nitrogens with one attached hydrogen (secondary N) is 1. The minimum atomic E-state index is -0.130. The monoisotopic (exact) mass is 261 g/mol. The van der Waals surface area contributed by atoms with Crippen molar-refractivity contribution in [1.82, 2.24) is 10.2 Å². The van der Waals surface area contributed by atoms with Gasteiger partial charge in [0.2, 0.25) is 5.13 Å². The van der Waals surface area contributed by atoms with Crippen LogP contribution in [-0.2, 0) is 6.42 Å². The summed E-state index contributed by atoms with van der Waals surface area (Å²) < 4.78 is 0. The first-order valence-corrected chi connectivity index (χ1v) is 6.63. The predicted octanol–water partition coefficient (Wildman–Crippen LogP) is 2.97. The number of aromatic nitrogens is 2. The molecule has 0 aliphatic heterocycles. The van der Waals surface area contributed by atoms with Gasteiger partial charge in [0.15, 0.2) is 0 Å². The smallest absolute Gasteiger partial charge is 0.257 e. The number of carbonyl (C=O) groups is 1. The first-order chi connectivity index (χ1) is 8.61. The van der Waals surface area contributed by atoms with Crippen LogP contribution in [0.1, 0.15) is 33.4 Å². The average molecular weight is 261 g/mol. The quantitative estimate of drug-likeness (QED) is 0.924. The molecular formula is C13H15N3OS. The largest absolute Gasteiger partial charge is 0.296 e. The van der Waals surface area contributed by atoms with Crippen molar-refractivity contribution in [2.75, 3.05) is 5.32 Å². The maximum absolute atomic E-state index is 12.1. The highest BCUT2D eigenvalue weighted by atomic mass is 32.1. The molecule has 2 rings (SSSR count). The molecule has 4 nitrogen and oxygen atoms in total. The summed E-state index contributed by atoms with van der Waals surface area (Å²) in [7, 11) is 0. The molecule has 0 radical (unpaired) electrons. The van der Waals surface area contributed by atoms with Crippen LogP contribution in [0.5, 0.6) is 0 Å². The number of anilines is 1. The molecular weight excluding hydrogens is 246 g/mol. The molecule has 5 heteroatoms. The van der Waals surface area contributed by atoms with Gasteiger partial charge >= 0.3 is 0 Å². The van der Waals surface area contributed by atoms with E-state index in [9.17, 15) is 4.79 Å². The molecule has 0 unspecified atom stereocenters. The fraction of sp³-hybridized carbons (Fsp3) is 0.308. The Hall–Kier alpha value is -1.75. The molecule has 1 N–H and O–H groups in total. The number of hydrogen-bond donors (Lipinski definition) is 1. The Kier molecular flexibility index (Phi) is 3.72. The van der Waals surface area contributed by atoms with Crippen molar-refractivity contribution < 1.29 is 4.79 Å². The van der Waals surface area contributed by atoms with Gasteiger partial charge in [-0.25, -0.2) is 0 Å². The Bertz CT molecular complexity index is 577. The second-order valence-electron chi connectivity index (χ2n) is 4.06. The van der Waals surface area contributed by atoms with E-state index in [-0.39, 0.29) is 5.91 Å². The zero-order valence-corrected chi connectivity index (χ0v) is 11.5. The molecule has 0 aliphatic carbocycles. The van der Waals surface area contributed by atoms with Crippen molar-refractivity contribution in [3.63, 3.8) is 0 Å². The van der Waals surface area contributed by atoms with Crippen molar-refractivity contribution >= 4 is 22.4 Å². The summed E-state index contributed by atoms with van der Waals surface area (Å²) in [6, 6.07) is 5.69. The predicted molar refractivity (Wildman–Crippen MR) is 73.2 cm³/mol. The number of aryl methyl sites for hydroxylation is 2. The van der Waals surface area contributed by atoms with Crippen molar-refractivity contribution in [2.24, 2.45) is 0 Å². The summed E-state index contributed by atoms with van der Waals surface area (Å²) in [5, 5.41) is 12.2. The molecule has 1 aromatic heterocycles. The second-order valence-corrected chi connectivity index (χ2v) is 5.12. The highest BCUT2D eigenvalue weighted by molar-refractivity contribution is 7.15. The molecule has 94 valence electrons. The van der Waals surface area contributed by atoms with Gasteiger partial charge in [-0.15, -0.1) is 10.2 Å². The number of carbonyl (C=O) groups excluding carboxylic acids is 1. The van der Waals surface area contributed by atoms with Crippen LogP contribution in [0.25, 0.3) is 0 Å². The zero-order chi connectivity index (χ0) is 13.1. The lowest BCUT2D eigenvalue weighted by Gasteiger charge is -2.07. The van der Waals surface area contributed by atoms with E-state index >= 15 is 0 Å². The maximum atomic E-state index is 12.1. The van der Waals surface area contributed by atoms with E-state index in [0.29, 0.717) is 10.7 Å². The van der Waals surface area contributed by atoms with Crippen LogP contribution in [0.4, 0.5) is 5.13 Å². The van der Waals surface area contributed by atoms with Crippen LogP contribution in [0, 0.1) is 13.8 Å². The van der Waals surface area contributed by atoms with E-state index in [0.717, 1.165) is 22.6 Å². The topological polar surface area (TPSA) is 54.9 Å². The average Bonchev–Trinajstić information content (AvgIpc) is 2.80. The molecule has 0 fully saturated rings. The van der Waals surface area contributed by atoms with E-state index in [1.165, 1.54) is 11.3 Å². The lowest BCUT2D eigenvalue weighted by Crippen LogP contribution is -2.13. The lowest BCUT2D eigenvalue weighted by atomic mass is 10.0. The van der Waals surface area contributed by atoms with E-state index in [4.69, 9.17) is 0 Å². The van der Waals surface area contributed by atoms with Gasteiger partial charge in [-0.1, -0.05) is 30.4 Å². The van der Waals surface area contributed by atoms with Crippen LogP contribution in [-0.4, -0.2) is 16.1 Å². The Balaban J connectivity index is 2.19. The number of hydrogen-bond acceptors (Lipinski definition) is 4. The second kappa shape index (κ2) is 5.27. The van der Waals surface area contributed by atoms with Crippen molar-refractivity contribution in [3.05, 3.63) is 39.9 Å². The normalized spacial score (nSPS) is 10.4. The molecule has 0 aliphatic rings. The van der Waals surface area contributed by atoms with Crippen LogP contribution >= 0.6 is 11.3 Å². The minimum absolute atomic E-state index is 0.130. The molecule has 0 saturated carbocycles. The number of benzene rings is 1. The van der Waals surface area contributed by atoms with Crippen LogP contribution in [0.3, 0.4) is 0 Å². The first kappa shape index (κ1) is 12.7. The number of rotatable bonds is 3. The van der Waals surface area contributed by atoms with Gasteiger partial charge < -0.3 is 0 Å². The molecule has 1 aromatic carbocycles. The highest BCUT2D eigenvalue weighted by Gasteiger charge is 2.12. The molecule has 1 amide bonds. The Morgan fingerprint density at radius 3 is 2.78 bits per heavy atom. The summed E-state index contributed by atoms with van der Waals surface area (Å²) >= 11 is 1.41. The van der Waals surface area contributed by atoms with Gasteiger partial charge in [-0.3, -0.25) is 10.1 Å². The van der Waals surface area contributed by atoms with Crippen LogP contribution < -0.4 is 5.32 Å². The standard InChI is InChI=1S/C13H15N3OS/c1-4-11-15-16-13(18-11)14-12(17)10-7-5-6-8(2)9(10)3/h5-7H,4H2,1-3H3,(H,14,16,17). The SMILES string of the molecule is CCc1nnc(NC(=O)c2cccc(C)c2C)s1. The fourth-order valence-electron chi connectivity index (χ4n) is 1.61. The van der Waals surface area contributed by atoms with Crippen molar-refractivity contribution in [2.45, 2.75) is 27.2 Å². The number of amides is 1. The van der Waals surface area contributed by atoms with Gasteiger partial charge in [0.05, 0.1) is 0 Å². The van der Waals surface area contributed by atoms with Gasteiger partial charge in [0, 0.05) is 5.56 Å². The summed E-state index contributed by atoms with van der Waals surface area (Å²) in [5.41, 5.74) is 2.78. The van der Waals surface area contributed by atoms with Crippen molar-refractivity contribution in [3.8, 4) is 0 Å².